The first kappa shape index (κ1) is 49.7. The molecule has 62 heavy (non-hydrogen) atoms. The van der Waals surface area contributed by atoms with E-state index in [9.17, 15) is 18.6 Å². The van der Waals surface area contributed by atoms with E-state index in [0.29, 0.717) is 42.6 Å². The van der Waals surface area contributed by atoms with Gasteiger partial charge >= 0.3 is 23.2 Å². The van der Waals surface area contributed by atoms with Gasteiger partial charge in [-0.15, -0.1) is 10.2 Å². The number of nitrogens with one attached hydrogen (secondary N) is 3. The maximum Gasteiger partial charge on any atom is 0.341 e. The standard InChI is InChI=1S/C47H70N6O8S/c1-9-13-15-17-18-20-22-34(21-19-16-14-10-2)32-60-39-26-24-36(30-38(39)44(54)48-33(5)43-50-49-42-31-41(47(6,7)8)51-53(42)43)52-62(57)61-40-29-35(45(55)58-27-11-3)23-25-37(40)46(56)59-28-12-4/h23-26,29-31,33-34,51-52H,9-22,27-28,32H2,1-8H3,(H,48,54). The molecule has 2 heterocycles. The van der Waals surface area contributed by atoms with Crippen LogP contribution >= 0.6 is 0 Å². The summed E-state index contributed by atoms with van der Waals surface area (Å²) in [5.41, 5.74) is 2.08. The molecule has 4 rings (SSSR count). The van der Waals surface area contributed by atoms with Crippen molar-refractivity contribution in [2.75, 3.05) is 24.5 Å². The number of carbonyl (C=O) groups excluding carboxylic acids is 3. The van der Waals surface area contributed by atoms with E-state index in [1.54, 1.807) is 22.7 Å². The van der Waals surface area contributed by atoms with Crippen molar-refractivity contribution in [3.05, 3.63) is 70.7 Å². The number of benzene rings is 2. The highest BCUT2D eigenvalue weighted by Gasteiger charge is 2.25. The van der Waals surface area contributed by atoms with Crippen LogP contribution < -0.4 is 19.0 Å². The van der Waals surface area contributed by atoms with Gasteiger partial charge in [-0.3, -0.25) is 14.6 Å². The lowest BCUT2D eigenvalue weighted by Gasteiger charge is -2.20. The number of hydrogen-bond donors (Lipinski definition) is 3. The number of aromatic amines is 1. The van der Waals surface area contributed by atoms with Gasteiger partial charge in [-0.05, 0) is 74.9 Å². The number of unbranched alkanes of at least 4 members (excludes halogenated alkanes) is 8. The Balaban J connectivity index is 1.61. The Morgan fingerprint density at radius 2 is 1.40 bits per heavy atom. The number of ether oxygens (including phenoxy) is 3. The van der Waals surface area contributed by atoms with Crippen molar-refractivity contribution in [2.45, 2.75) is 157 Å². The third-order valence-electron chi connectivity index (χ3n) is 10.6. The van der Waals surface area contributed by atoms with Gasteiger partial charge in [0.15, 0.2) is 17.2 Å². The van der Waals surface area contributed by atoms with Crippen molar-refractivity contribution in [3.63, 3.8) is 0 Å². The number of anilines is 1. The quantitative estimate of drug-likeness (QED) is 0.0368. The fourth-order valence-electron chi connectivity index (χ4n) is 6.93. The van der Waals surface area contributed by atoms with Gasteiger partial charge in [-0.1, -0.05) is 113 Å². The molecular weight excluding hydrogens is 809 g/mol. The molecule has 1 amide bonds. The molecule has 0 saturated heterocycles. The van der Waals surface area contributed by atoms with Crippen LogP contribution in [0.2, 0.25) is 0 Å². The number of amides is 1. The van der Waals surface area contributed by atoms with Crippen LogP contribution in [0.1, 0.15) is 194 Å². The van der Waals surface area contributed by atoms with Crippen molar-refractivity contribution >= 4 is 40.4 Å². The van der Waals surface area contributed by atoms with E-state index in [0.717, 1.165) is 31.4 Å². The number of H-pyrrole nitrogens is 1. The molecule has 342 valence electrons. The molecule has 15 heteroatoms. The summed E-state index contributed by atoms with van der Waals surface area (Å²) in [7, 11) is 0. The Hall–Kier alpha value is -4.92. The highest BCUT2D eigenvalue weighted by atomic mass is 32.2. The zero-order valence-electron chi connectivity index (χ0n) is 38.2. The molecule has 3 N–H and O–H groups in total. The second-order valence-corrected chi connectivity index (χ2v) is 17.9. The summed E-state index contributed by atoms with van der Waals surface area (Å²) in [6.45, 7) is 17.1. The first-order valence-corrected chi connectivity index (χ1v) is 23.7. The van der Waals surface area contributed by atoms with Gasteiger partial charge in [0, 0.05) is 17.2 Å². The lowest BCUT2D eigenvalue weighted by Crippen LogP contribution is -2.29. The number of aromatic nitrogens is 4. The number of fused-ring (bicyclic) bond motifs is 1. The molecule has 3 unspecified atom stereocenters. The maximum absolute atomic E-state index is 14.3. The summed E-state index contributed by atoms with van der Waals surface area (Å²) in [6, 6.07) is 10.4. The average Bonchev–Trinajstić information content (AvgIpc) is 3.86. The van der Waals surface area contributed by atoms with Crippen molar-refractivity contribution in [3.8, 4) is 11.5 Å². The maximum atomic E-state index is 14.3. The molecule has 0 fully saturated rings. The van der Waals surface area contributed by atoms with Crippen molar-refractivity contribution in [2.24, 2.45) is 5.92 Å². The van der Waals surface area contributed by atoms with Crippen molar-refractivity contribution in [1.82, 2.24) is 25.1 Å². The summed E-state index contributed by atoms with van der Waals surface area (Å²) in [5, 5.41) is 15.1. The van der Waals surface area contributed by atoms with Crippen LogP contribution in [0.25, 0.3) is 5.65 Å². The van der Waals surface area contributed by atoms with Gasteiger partial charge < -0.3 is 23.7 Å². The van der Waals surface area contributed by atoms with Crippen LogP contribution in [-0.4, -0.2) is 61.7 Å². The van der Waals surface area contributed by atoms with Crippen LogP contribution in [0, 0.1) is 5.92 Å². The minimum atomic E-state index is -2.30. The van der Waals surface area contributed by atoms with Gasteiger partial charge in [0.05, 0.1) is 42.7 Å². The summed E-state index contributed by atoms with van der Waals surface area (Å²) in [4.78, 5) is 39.9. The van der Waals surface area contributed by atoms with Crippen molar-refractivity contribution < 1.29 is 37.0 Å². The minimum absolute atomic E-state index is 0.0112. The number of carbonyl (C=O) groups is 3. The lowest BCUT2D eigenvalue weighted by atomic mass is 9.93. The number of esters is 2. The number of hydrogen-bond acceptors (Lipinski definition) is 10. The largest absolute Gasteiger partial charge is 0.492 e. The normalized spacial score (nSPS) is 13.0. The Morgan fingerprint density at radius 3 is 2.06 bits per heavy atom. The molecule has 3 atom stereocenters. The molecule has 2 aromatic carbocycles. The molecule has 2 aromatic heterocycles. The summed E-state index contributed by atoms with van der Waals surface area (Å²) >= 11 is -2.30. The van der Waals surface area contributed by atoms with E-state index in [4.69, 9.17) is 18.4 Å². The Morgan fingerprint density at radius 1 is 0.758 bits per heavy atom. The monoisotopic (exact) mass is 878 g/mol. The Labute approximate surface area is 370 Å². The zero-order valence-corrected chi connectivity index (χ0v) is 39.0. The fourth-order valence-corrected chi connectivity index (χ4v) is 7.59. The first-order valence-electron chi connectivity index (χ1n) is 22.7. The van der Waals surface area contributed by atoms with E-state index in [-0.39, 0.29) is 46.8 Å². The van der Waals surface area contributed by atoms with Gasteiger partial charge in [0.2, 0.25) is 0 Å². The summed E-state index contributed by atoms with van der Waals surface area (Å²) in [6.07, 6.45) is 15.3. The topological polar surface area (TPSA) is 175 Å². The molecule has 14 nitrogen and oxygen atoms in total. The molecule has 0 aliphatic carbocycles. The molecule has 0 aliphatic rings. The highest BCUT2D eigenvalue weighted by molar-refractivity contribution is 7.82. The smallest absolute Gasteiger partial charge is 0.341 e. The first-order chi connectivity index (χ1) is 29.8. The predicted octanol–water partition coefficient (Wildman–Crippen LogP) is 10.8. The van der Waals surface area contributed by atoms with E-state index in [1.165, 1.54) is 69.6 Å². The van der Waals surface area contributed by atoms with Crippen LogP contribution in [0.3, 0.4) is 0 Å². The highest BCUT2D eigenvalue weighted by Crippen LogP contribution is 2.29. The second kappa shape index (κ2) is 25.3. The second-order valence-electron chi connectivity index (χ2n) is 17.1. The molecule has 0 spiro atoms. The molecule has 0 saturated carbocycles. The Kier molecular flexibility index (Phi) is 20.3. The lowest BCUT2D eigenvalue weighted by molar-refractivity contribution is 0.0489. The Bertz CT molecular complexity index is 2060. The van der Waals surface area contributed by atoms with E-state index in [2.05, 4.69) is 60.0 Å². The third-order valence-corrected chi connectivity index (χ3v) is 11.3. The van der Waals surface area contributed by atoms with E-state index < -0.39 is 35.2 Å². The molecular formula is C47H70N6O8S. The van der Waals surface area contributed by atoms with Crippen LogP contribution in [0.4, 0.5) is 5.69 Å². The SMILES string of the molecule is CCCCCCCCC(CCCCCC)COc1ccc(NS(=O)Oc2cc(C(=O)OCCC)ccc2C(=O)OCCC)cc1C(=O)NC(C)c1nnc2cc(C(C)(C)C)[nH]n12. The molecule has 0 radical (unpaired) electrons. The van der Waals surface area contributed by atoms with E-state index in [1.807, 2.05) is 26.8 Å². The third kappa shape index (κ3) is 15.2. The zero-order chi connectivity index (χ0) is 45.1. The molecule has 4 aromatic rings. The van der Waals surface area contributed by atoms with Crippen LogP contribution in [0.5, 0.6) is 11.5 Å². The predicted molar refractivity (Wildman–Crippen MR) is 244 cm³/mol. The van der Waals surface area contributed by atoms with Crippen LogP contribution in [0.15, 0.2) is 42.5 Å². The molecule has 0 bridgehead atoms. The van der Waals surface area contributed by atoms with Gasteiger partial charge in [-0.25, -0.2) is 14.1 Å². The van der Waals surface area contributed by atoms with Gasteiger partial charge in [0.25, 0.3) is 5.91 Å². The van der Waals surface area contributed by atoms with Gasteiger partial charge in [0.1, 0.15) is 11.3 Å². The summed E-state index contributed by atoms with van der Waals surface area (Å²) in [5.74, 6) is -0.642. The number of nitrogens with zero attached hydrogens (tertiary/aromatic N) is 3. The molecule has 0 aliphatic heterocycles. The fraction of sp³-hybridized carbons (Fsp3) is 0.596. The van der Waals surface area contributed by atoms with Gasteiger partial charge in [-0.2, -0.15) is 4.21 Å². The average molecular weight is 879 g/mol. The number of rotatable bonds is 28. The summed E-state index contributed by atoms with van der Waals surface area (Å²) < 4.78 is 41.1. The van der Waals surface area contributed by atoms with E-state index >= 15 is 0 Å². The van der Waals surface area contributed by atoms with Crippen molar-refractivity contribution in [1.29, 1.82) is 0 Å². The van der Waals surface area contributed by atoms with Crippen LogP contribution in [-0.2, 0) is 26.2 Å². The minimum Gasteiger partial charge on any atom is -0.492 e.